The van der Waals surface area contributed by atoms with E-state index >= 15 is 0 Å². The van der Waals surface area contributed by atoms with Crippen LogP contribution in [0, 0.1) is 0 Å². The fourth-order valence-electron chi connectivity index (χ4n) is 1.61. The lowest BCUT2D eigenvalue weighted by Crippen LogP contribution is -2.30. The molecule has 0 spiro atoms. The van der Waals surface area contributed by atoms with E-state index in [-0.39, 0.29) is 10.9 Å². The van der Waals surface area contributed by atoms with Gasteiger partial charge in [-0.15, -0.1) is 0 Å². The highest BCUT2D eigenvalue weighted by atomic mass is 32.2. The summed E-state index contributed by atoms with van der Waals surface area (Å²) in [5.41, 5.74) is 0.427. The van der Waals surface area contributed by atoms with Crippen molar-refractivity contribution in [2.24, 2.45) is 0 Å². The lowest BCUT2D eigenvalue weighted by atomic mass is 10.1. The molecular weight excluding hydrogens is 311 g/mol. The summed E-state index contributed by atoms with van der Waals surface area (Å²) in [6.07, 6.45) is -12.1. The summed E-state index contributed by atoms with van der Waals surface area (Å²) >= 11 is 0.785. The van der Waals surface area contributed by atoms with Crippen molar-refractivity contribution < 1.29 is 26.7 Å². The maximum absolute atomic E-state index is 13.4. The normalized spacial score (nSPS) is 15.7. The van der Waals surface area contributed by atoms with Gasteiger partial charge in [0.05, 0.1) is 0 Å². The van der Waals surface area contributed by atoms with Crippen molar-refractivity contribution in [1.29, 1.82) is 0 Å². The zero-order valence-corrected chi connectivity index (χ0v) is 11.8. The van der Waals surface area contributed by atoms with Crippen LogP contribution in [-0.2, 0) is 0 Å². The number of rotatable bonds is 8. The van der Waals surface area contributed by atoms with Crippen LogP contribution in [0.4, 0.5) is 22.0 Å². The summed E-state index contributed by atoms with van der Waals surface area (Å²) in [5.74, 6) is -0.0449. The molecule has 0 aliphatic heterocycles. The monoisotopic (exact) mass is 326 g/mol. The molecule has 0 saturated heterocycles. The van der Waals surface area contributed by atoms with Crippen molar-refractivity contribution in [3.63, 3.8) is 0 Å². The van der Waals surface area contributed by atoms with Crippen molar-refractivity contribution in [3.05, 3.63) is 35.9 Å². The number of halogens is 5. The molecule has 0 amide bonds. The molecule has 0 aromatic heterocycles. The molecule has 0 bridgehead atoms. The van der Waals surface area contributed by atoms with E-state index < -0.39 is 37.8 Å². The fourth-order valence-corrected chi connectivity index (χ4v) is 2.44. The van der Waals surface area contributed by atoms with Crippen LogP contribution in [0.25, 0.3) is 0 Å². The Morgan fingerprint density at radius 1 is 1.00 bits per heavy atom. The highest BCUT2D eigenvalue weighted by molar-refractivity contribution is 8.14. The van der Waals surface area contributed by atoms with Crippen LogP contribution >= 0.6 is 11.8 Å². The Balaban J connectivity index is 2.33. The summed E-state index contributed by atoms with van der Waals surface area (Å²) in [6.45, 7) is 0. The molecule has 0 aliphatic rings. The Morgan fingerprint density at radius 2 is 1.62 bits per heavy atom. The first-order valence-corrected chi connectivity index (χ1v) is 7.33. The molecule has 1 aromatic carbocycles. The van der Waals surface area contributed by atoms with E-state index in [4.69, 9.17) is 0 Å². The Morgan fingerprint density at radius 3 is 2.19 bits per heavy atom. The molecule has 1 nitrogen and oxygen atoms in total. The number of alkyl halides is 5. The third-order valence-electron chi connectivity index (χ3n) is 2.73. The second kappa shape index (κ2) is 9.02. The molecule has 0 N–H and O–H groups in total. The number of hydrogen-bond donors (Lipinski definition) is 0. The molecule has 0 saturated carbocycles. The molecule has 3 unspecified atom stereocenters. The van der Waals surface area contributed by atoms with Crippen molar-refractivity contribution in [2.45, 2.75) is 37.8 Å². The minimum absolute atomic E-state index is 0.0449. The number of thioether (sulfide) groups is 1. The van der Waals surface area contributed by atoms with Gasteiger partial charge in [0.25, 0.3) is 0 Å². The SMILES string of the molecule is O=C(SCCC(F)C(F)C(F)CC(F)F)c1ccccc1. The predicted octanol–water partition coefficient (Wildman–Crippen LogP) is 4.62. The maximum Gasteiger partial charge on any atom is 0.241 e. The Hall–Kier alpha value is -1.11. The van der Waals surface area contributed by atoms with Gasteiger partial charge in [0.15, 0.2) is 6.17 Å². The average Bonchev–Trinajstić information content (AvgIpc) is 2.46. The van der Waals surface area contributed by atoms with Gasteiger partial charge in [-0.1, -0.05) is 42.1 Å². The van der Waals surface area contributed by atoms with Gasteiger partial charge in [-0.2, -0.15) is 0 Å². The van der Waals surface area contributed by atoms with E-state index in [0.717, 1.165) is 11.8 Å². The molecule has 0 fully saturated rings. The smallest absolute Gasteiger partial charge is 0.241 e. The van der Waals surface area contributed by atoms with Gasteiger partial charge in [-0.3, -0.25) is 4.79 Å². The predicted molar refractivity (Wildman–Crippen MR) is 73.2 cm³/mol. The number of carbonyl (C=O) groups is 1. The van der Waals surface area contributed by atoms with Crippen LogP contribution < -0.4 is 0 Å². The van der Waals surface area contributed by atoms with Gasteiger partial charge >= 0.3 is 0 Å². The molecule has 0 heterocycles. The molecule has 21 heavy (non-hydrogen) atoms. The molecular formula is C14H15F5OS. The molecule has 7 heteroatoms. The van der Waals surface area contributed by atoms with Crippen LogP contribution in [0.2, 0.25) is 0 Å². The van der Waals surface area contributed by atoms with Crippen molar-refractivity contribution in [3.8, 4) is 0 Å². The Bertz CT molecular complexity index is 429. The van der Waals surface area contributed by atoms with E-state index in [2.05, 4.69) is 0 Å². The first kappa shape index (κ1) is 17.9. The van der Waals surface area contributed by atoms with E-state index in [1.165, 1.54) is 0 Å². The van der Waals surface area contributed by atoms with Crippen molar-refractivity contribution in [2.75, 3.05) is 5.75 Å². The largest absolute Gasteiger partial charge is 0.282 e. The van der Waals surface area contributed by atoms with Gasteiger partial charge in [0, 0.05) is 17.7 Å². The van der Waals surface area contributed by atoms with E-state index in [1.807, 2.05) is 0 Å². The molecule has 0 aliphatic carbocycles. The molecule has 0 radical (unpaired) electrons. The Labute approximate surface area is 123 Å². The van der Waals surface area contributed by atoms with Crippen LogP contribution in [0.5, 0.6) is 0 Å². The van der Waals surface area contributed by atoms with Gasteiger partial charge in [-0.25, -0.2) is 22.0 Å². The van der Waals surface area contributed by atoms with E-state index in [9.17, 15) is 26.7 Å². The Kier molecular flexibility index (Phi) is 7.71. The third kappa shape index (κ3) is 6.46. The lowest BCUT2D eigenvalue weighted by molar-refractivity contribution is 0.0312. The number of benzene rings is 1. The standard InChI is InChI=1S/C14H15F5OS/c15-10(13(19)11(16)8-12(17)18)6-7-21-14(20)9-4-2-1-3-5-9/h1-5,10-13H,6-8H2. The topological polar surface area (TPSA) is 17.1 Å². The summed E-state index contributed by atoms with van der Waals surface area (Å²) in [6, 6.07) is 8.24. The molecule has 1 rings (SSSR count). The van der Waals surface area contributed by atoms with Crippen LogP contribution in [0.3, 0.4) is 0 Å². The fraction of sp³-hybridized carbons (Fsp3) is 0.500. The highest BCUT2D eigenvalue weighted by Crippen LogP contribution is 2.22. The summed E-state index contributed by atoms with van der Waals surface area (Å²) < 4.78 is 63.3. The van der Waals surface area contributed by atoms with Gasteiger partial charge in [0.1, 0.15) is 12.3 Å². The van der Waals surface area contributed by atoms with Crippen molar-refractivity contribution >= 4 is 16.9 Å². The molecule has 3 atom stereocenters. The molecule has 118 valence electrons. The van der Waals surface area contributed by atoms with Crippen LogP contribution in [0.1, 0.15) is 23.2 Å². The van der Waals surface area contributed by atoms with E-state index in [1.54, 1.807) is 30.3 Å². The number of hydrogen-bond acceptors (Lipinski definition) is 2. The van der Waals surface area contributed by atoms with Gasteiger partial charge in [0.2, 0.25) is 11.5 Å². The quantitative estimate of drug-likeness (QED) is 0.649. The van der Waals surface area contributed by atoms with Gasteiger partial charge < -0.3 is 0 Å². The van der Waals surface area contributed by atoms with Crippen molar-refractivity contribution in [1.82, 2.24) is 0 Å². The third-order valence-corrected chi connectivity index (χ3v) is 3.67. The first-order valence-electron chi connectivity index (χ1n) is 6.34. The second-order valence-corrected chi connectivity index (χ2v) is 5.46. The second-order valence-electron chi connectivity index (χ2n) is 4.39. The van der Waals surface area contributed by atoms with Crippen LogP contribution in [-0.4, -0.2) is 35.8 Å². The lowest BCUT2D eigenvalue weighted by Gasteiger charge is -2.17. The summed E-state index contributed by atoms with van der Waals surface area (Å²) in [4.78, 5) is 11.6. The average molecular weight is 326 g/mol. The highest BCUT2D eigenvalue weighted by Gasteiger charge is 2.31. The first-order chi connectivity index (χ1) is 9.91. The van der Waals surface area contributed by atoms with E-state index in [0.29, 0.717) is 5.56 Å². The van der Waals surface area contributed by atoms with Crippen LogP contribution in [0.15, 0.2) is 30.3 Å². The summed E-state index contributed by atoms with van der Waals surface area (Å²) in [5, 5.41) is -0.303. The number of carbonyl (C=O) groups excluding carboxylic acids is 1. The maximum atomic E-state index is 13.4. The molecule has 1 aromatic rings. The zero-order chi connectivity index (χ0) is 15.8. The van der Waals surface area contributed by atoms with Gasteiger partial charge in [-0.05, 0) is 6.42 Å². The minimum atomic E-state index is -3.01. The summed E-state index contributed by atoms with van der Waals surface area (Å²) in [7, 11) is 0. The zero-order valence-electron chi connectivity index (χ0n) is 11.0. The minimum Gasteiger partial charge on any atom is -0.282 e.